The zero-order chi connectivity index (χ0) is 19.4. The van der Waals surface area contributed by atoms with Crippen LogP contribution < -0.4 is 5.32 Å². The molecule has 0 radical (unpaired) electrons. The molecule has 1 fully saturated rings. The molecule has 9 heteroatoms. The highest BCUT2D eigenvalue weighted by Gasteiger charge is 2.28. The molecule has 0 bridgehead atoms. The number of pyridine rings is 1. The number of hydrogen-bond acceptors (Lipinski definition) is 7. The van der Waals surface area contributed by atoms with Gasteiger partial charge < -0.3 is 5.32 Å². The number of rotatable bonds is 6. The predicted octanol–water partition coefficient (Wildman–Crippen LogP) is 3.39. The second-order valence-electron chi connectivity index (χ2n) is 6.54. The molecule has 7 nitrogen and oxygen atoms in total. The highest BCUT2D eigenvalue weighted by atomic mass is 32.2. The third-order valence-corrected chi connectivity index (χ3v) is 7.50. The minimum absolute atomic E-state index is 0.213. The topological polar surface area (TPSA) is 88.1 Å². The van der Waals surface area contributed by atoms with Crippen LogP contribution in [-0.4, -0.2) is 41.0 Å². The fourth-order valence-corrected chi connectivity index (χ4v) is 5.58. The van der Waals surface area contributed by atoms with Crippen LogP contribution in [-0.2, 0) is 16.6 Å². The summed E-state index contributed by atoms with van der Waals surface area (Å²) in [6.45, 7) is 1.49. The van der Waals surface area contributed by atoms with Crippen molar-refractivity contribution in [1.29, 1.82) is 0 Å². The van der Waals surface area contributed by atoms with Crippen LogP contribution in [0.3, 0.4) is 0 Å². The standard InChI is InChI=1S/C19H21N5O2S2/c25-28(26,24-12-5-2-6-13-24)16-10-7-11-20-18(16)21-14-17-22-23-19(27-17)15-8-3-1-4-9-15/h1,3-4,7-11H,2,5-6,12-14H2,(H,20,21). The zero-order valence-electron chi connectivity index (χ0n) is 15.3. The lowest BCUT2D eigenvalue weighted by Gasteiger charge is -2.26. The van der Waals surface area contributed by atoms with E-state index in [9.17, 15) is 8.42 Å². The van der Waals surface area contributed by atoms with Gasteiger partial charge in [0.2, 0.25) is 10.0 Å². The van der Waals surface area contributed by atoms with Crippen LogP contribution in [0.2, 0.25) is 0 Å². The van der Waals surface area contributed by atoms with Gasteiger partial charge in [-0.25, -0.2) is 13.4 Å². The Morgan fingerprint density at radius 1 is 1.00 bits per heavy atom. The molecule has 3 aromatic rings. The molecule has 1 N–H and O–H groups in total. The minimum atomic E-state index is -3.56. The maximum Gasteiger partial charge on any atom is 0.246 e. The van der Waals surface area contributed by atoms with Gasteiger partial charge >= 0.3 is 0 Å². The molecular weight excluding hydrogens is 394 g/mol. The van der Waals surface area contributed by atoms with E-state index in [1.807, 2.05) is 30.3 Å². The number of sulfonamides is 1. The molecule has 1 aliphatic rings. The molecular formula is C19H21N5O2S2. The monoisotopic (exact) mass is 415 g/mol. The van der Waals surface area contributed by atoms with Crippen LogP contribution in [0.15, 0.2) is 53.6 Å². The van der Waals surface area contributed by atoms with E-state index in [1.54, 1.807) is 22.6 Å². The summed E-state index contributed by atoms with van der Waals surface area (Å²) in [7, 11) is -3.56. The van der Waals surface area contributed by atoms with Crippen molar-refractivity contribution >= 4 is 27.2 Å². The summed E-state index contributed by atoms with van der Waals surface area (Å²) in [5, 5.41) is 13.2. The van der Waals surface area contributed by atoms with Gasteiger partial charge in [-0.1, -0.05) is 48.1 Å². The lowest BCUT2D eigenvalue weighted by Crippen LogP contribution is -2.36. The number of aromatic nitrogens is 3. The Balaban J connectivity index is 1.51. The number of nitrogens with one attached hydrogen (secondary N) is 1. The number of benzene rings is 1. The van der Waals surface area contributed by atoms with Crippen LogP contribution in [0.1, 0.15) is 24.3 Å². The summed E-state index contributed by atoms with van der Waals surface area (Å²) in [4.78, 5) is 4.47. The highest BCUT2D eigenvalue weighted by Crippen LogP contribution is 2.27. The fraction of sp³-hybridized carbons (Fsp3) is 0.316. The third-order valence-electron chi connectivity index (χ3n) is 4.60. The van der Waals surface area contributed by atoms with Crippen molar-refractivity contribution in [3.05, 3.63) is 53.7 Å². The van der Waals surface area contributed by atoms with E-state index in [2.05, 4.69) is 20.5 Å². The lowest BCUT2D eigenvalue weighted by molar-refractivity contribution is 0.346. The molecule has 28 heavy (non-hydrogen) atoms. The Labute approximate surface area is 168 Å². The molecule has 0 amide bonds. The minimum Gasteiger partial charge on any atom is -0.362 e. The number of nitrogens with zero attached hydrogens (tertiary/aromatic N) is 4. The molecule has 3 heterocycles. The largest absolute Gasteiger partial charge is 0.362 e. The van der Waals surface area contributed by atoms with E-state index in [1.165, 1.54) is 11.3 Å². The first-order chi connectivity index (χ1) is 13.6. The van der Waals surface area contributed by atoms with Crippen molar-refractivity contribution < 1.29 is 8.42 Å². The first-order valence-corrected chi connectivity index (χ1v) is 11.5. The molecule has 0 atom stereocenters. The Hall–Kier alpha value is -2.36. The predicted molar refractivity (Wildman–Crippen MR) is 110 cm³/mol. The Morgan fingerprint density at radius 3 is 2.57 bits per heavy atom. The van der Waals surface area contributed by atoms with Crippen molar-refractivity contribution in [3.8, 4) is 10.6 Å². The van der Waals surface area contributed by atoms with E-state index < -0.39 is 10.0 Å². The van der Waals surface area contributed by atoms with Gasteiger partial charge in [-0.15, -0.1) is 10.2 Å². The van der Waals surface area contributed by atoms with E-state index in [-0.39, 0.29) is 4.90 Å². The fourth-order valence-electron chi connectivity index (χ4n) is 3.16. The van der Waals surface area contributed by atoms with Gasteiger partial charge in [-0.2, -0.15) is 4.31 Å². The molecule has 146 valence electrons. The average Bonchev–Trinajstić information content (AvgIpc) is 3.23. The van der Waals surface area contributed by atoms with Crippen molar-refractivity contribution in [2.45, 2.75) is 30.7 Å². The Bertz CT molecular complexity index is 1030. The van der Waals surface area contributed by atoms with Gasteiger partial charge in [0.15, 0.2) is 0 Å². The Morgan fingerprint density at radius 2 is 1.79 bits per heavy atom. The summed E-state index contributed by atoms with van der Waals surface area (Å²) in [5.74, 6) is 0.351. The zero-order valence-corrected chi connectivity index (χ0v) is 16.9. The van der Waals surface area contributed by atoms with Gasteiger partial charge in [-0.05, 0) is 25.0 Å². The SMILES string of the molecule is O=S(=O)(c1cccnc1NCc1nnc(-c2ccccc2)s1)N1CCCCC1. The van der Waals surface area contributed by atoms with Crippen molar-refractivity contribution in [1.82, 2.24) is 19.5 Å². The molecule has 1 aromatic carbocycles. The van der Waals surface area contributed by atoms with Crippen LogP contribution in [0, 0.1) is 0 Å². The van der Waals surface area contributed by atoms with E-state index in [0.717, 1.165) is 34.8 Å². The quantitative estimate of drug-likeness (QED) is 0.664. The van der Waals surface area contributed by atoms with Crippen molar-refractivity contribution in [3.63, 3.8) is 0 Å². The Kier molecular flexibility index (Phi) is 5.65. The first-order valence-electron chi connectivity index (χ1n) is 9.21. The van der Waals surface area contributed by atoms with Gasteiger partial charge in [0.05, 0.1) is 6.54 Å². The second kappa shape index (κ2) is 8.34. The molecule has 0 saturated carbocycles. The van der Waals surface area contributed by atoms with Crippen LogP contribution in [0.4, 0.5) is 5.82 Å². The molecule has 1 saturated heterocycles. The van der Waals surface area contributed by atoms with Crippen LogP contribution in [0.5, 0.6) is 0 Å². The lowest BCUT2D eigenvalue weighted by atomic mass is 10.2. The van der Waals surface area contributed by atoms with Gasteiger partial charge in [0.25, 0.3) is 0 Å². The summed E-state index contributed by atoms with van der Waals surface area (Å²) < 4.78 is 27.6. The maximum absolute atomic E-state index is 13.0. The summed E-state index contributed by atoms with van der Waals surface area (Å²) in [6.07, 6.45) is 4.46. The molecule has 4 rings (SSSR count). The summed E-state index contributed by atoms with van der Waals surface area (Å²) in [5.41, 5.74) is 1.01. The van der Waals surface area contributed by atoms with Crippen molar-refractivity contribution in [2.24, 2.45) is 0 Å². The summed E-state index contributed by atoms with van der Waals surface area (Å²) >= 11 is 1.47. The van der Waals surface area contributed by atoms with Crippen LogP contribution in [0.25, 0.3) is 10.6 Å². The smallest absolute Gasteiger partial charge is 0.246 e. The van der Waals surface area contributed by atoms with Gasteiger partial charge in [-0.3, -0.25) is 0 Å². The number of anilines is 1. The van der Waals surface area contributed by atoms with Gasteiger partial charge in [0, 0.05) is 24.8 Å². The van der Waals surface area contributed by atoms with E-state index >= 15 is 0 Å². The molecule has 0 aliphatic carbocycles. The average molecular weight is 416 g/mol. The highest BCUT2D eigenvalue weighted by molar-refractivity contribution is 7.89. The summed E-state index contributed by atoms with van der Waals surface area (Å²) in [6, 6.07) is 13.1. The molecule has 2 aromatic heterocycles. The normalized spacial score (nSPS) is 15.4. The molecule has 1 aliphatic heterocycles. The molecule has 0 spiro atoms. The van der Waals surface area contributed by atoms with E-state index in [0.29, 0.717) is 25.5 Å². The maximum atomic E-state index is 13.0. The first kappa shape index (κ1) is 19.0. The second-order valence-corrected chi connectivity index (χ2v) is 9.50. The number of piperidine rings is 1. The van der Waals surface area contributed by atoms with E-state index in [4.69, 9.17) is 0 Å². The third kappa shape index (κ3) is 4.06. The van der Waals surface area contributed by atoms with Crippen LogP contribution >= 0.6 is 11.3 Å². The van der Waals surface area contributed by atoms with Crippen molar-refractivity contribution in [2.75, 3.05) is 18.4 Å². The number of hydrogen-bond donors (Lipinski definition) is 1. The van der Waals surface area contributed by atoms with Gasteiger partial charge in [0.1, 0.15) is 20.7 Å². The molecule has 0 unspecified atom stereocenters.